The van der Waals surface area contributed by atoms with Crippen LogP contribution in [0.4, 0.5) is 13.2 Å². The van der Waals surface area contributed by atoms with Crippen molar-refractivity contribution < 1.29 is 17.9 Å². The molecule has 3 rings (SSSR count). The van der Waals surface area contributed by atoms with Crippen molar-refractivity contribution in [1.29, 1.82) is 0 Å². The Labute approximate surface area is 117 Å². The normalized spacial score (nSPS) is 40.6. The highest BCUT2D eigenvalue weighted by molar-refractivity contribution is 5.12. The lowest BCUT2D eigenvalue weighted by Crippen LogP contribution is -2.67. The first-order valence-electron chi connectivity index (χ1n) is 7.44. The molecule has 0 spiro atoms. The van der Waals surface area contributed by atoms with Crippen molar-refractivity contribution in [2.45, 2.75) is 51.1 Å². The number of halogens is 3. The van der Waals surface area contributed by atoms with E-state index < -0.39 is 12.7 Å². The summed E-state index contributed by atoms with van der Waals surface area (Å²) in [5.74, 6) is 0.543. The lowest BCUT2D eigenvalue weighted by molar-refractivity contribution is -0.144. The number of alkyl halides is 3. The van der Waals surface area contributed by atoms with Crippen LogP contribution >= 0.6 is 0 Å². The van der Waals surface area contributed by atoms with Crippen molar-refractivity contribution in [3.63, 3.8) is 0 Å². The molecule has 2 saturated heterocycles. The van der Waals surface area contributed by atoms with Gasteiger partial charge in [0.1, 0.15) is 0 Å². The van der Waals surface area contributed by atoms with Gasteiger partial charge in [-0.2, -0.15) is 13.2 Å². The lowest BCUT2D eigenvalue weighted by atomic mass is 9.57. The van der Waals surface area contributed by atoms with E-state index in [1.807, 2.05) is 0 Å². The zero-order valence-corrected chi connectivity index (χ0v) is 12.0. The fraction of sp³-hybridized carbons (Fsp3) is 1.00. The number of fused-ring (bicyclic) bond motifs is 1. The van der Waals surface area contributed by atoms with E-state index in [1.165, 1.54) is 4.90 Å². The minimum atomic E-state index is -4.09. The Morgan fingerprint density at radius 1 is 1.30 bits per heavy atom. The fourth-order valence-corrected chi connectivity index (χ4v) is 4.28. The second-order valence-electron chi connectivity index (χ2n) is 7.05. The standard InChI is InChI=1S/C14H23F3N2O/c1-13(2)11(10-4-6-20-12(10)13)18-9-3-5-19(7-9)8-14(15,16)17/h9-12,18H,3-8H2,1-2H3/t9-,10-,11-,12-/m1/s1. The molecule has 0 aromatic heterocycles. The molecule has 0 radical (unpaired) electrons. The minimum absolute atomic E-state index is 0.0958. The molecular formula is C14H23F3N2O. The van der Waals surface area contributed by atoms with E-state index in [2.05, 4.69) is 19.2 Å². The van der Waals surface area contributed by atoms with Crippen LogP contribution in [-0.4, -0.2) is 55.5 Å². The predicted octanol–water partition coefficient (Wildman–Crippen LogP) is 2.03. The van der Waals surface area contributed by atoms with E-state index in [9.17, 15) is 13.2 Å². The second kappa shape index (κ2) is 4.85. The van der Waals surface area contributed by atoms with Crippen LogP contribution in [0.3, 0.4) is 0 Å². The van der Waals surface area contributed by atoms with Crippen molar-refractivity contribution >= 4 is 0 Å². The van der Waals surface area contributed by atoms with Crippen LogP contribution < -0.4 is 5.32 Å². The van der Waals surface area contributed by atoms with Gasteiger partial charge in [0, 0.05) is 43.1 Å². The first-order valence-corrected chi connectivity index (χ1v) is 7.44. The molecule has 0 aromatic rings. The van der Waals surface area contributed by atoms with Gasteiger partial charge in [-0.1, -0.05) is 13.8 Å². The van der Waals surface area contributed by atoms with Gasteiger partial charge < -0.3 is 10.1 Å². The van der Waals surface area contributed by atoms with Gasteiger partial charge in [-0.05, 0) is 12.8 Å². The fourth-order valence-electron chi connectivity index (χ4n) is 4.28. The maximum absolute atomic E-state index is 12.4. The van der Waals surface area contributed by atoms with E-state index in [0.29, 0.717) is 31.2 Å². The van der Waals surface area contributed by atoms with Gasteiger partial charge in [0.2, 0.25) is 0 Å². The van der Waals surface area contributed by atoms with Gasteiger partial charge in [-0.3, -0.25) is 4.90 Å². The maximum Gasteiger partial charge on any atom is 0.401 e. The average molecular weight is 292 g/mol. The monoisotopic (exact) mass is 292 g/mol. The number of hydrogen-bond acceptors (Lipinski definition) is 3. The van der Waals surface area contributed by atoms with Crippen LogP contribution in [-0.2, 0) is 4.74 Å². The Balaban J connectivity index is 1.52. The second-order valence-corrected chi connectivity index (χ2v) is 7.05. The van der Waals surface area contributed by atoms with E-state index in [4.69, 9.17) is 4.74 Å². The summed E-state index contributed by atoms with van der Waals surface area (Å²) in [5.41, 5.74) is 0.0958. The Morgan fingerprint density at radius 2 is 2.05 bits per heavy atom. The zero-order chi connectivity index (χ0) is 14.5. The van der Waals surface area contributed by atoms with Crippen molar-refractivity contribution in [2.24, 2.45) is 11.3 Å². The molecule has 1 N–H and O–H groups in total. The number of ether oxygens (including phenoxy) is 1. The summed E-state index contributed by atoms with van der Waals surface area (Å²) in [6, 6.07) is 0.564. The summed E-state index contributed by atoms with van der Waals surface area (Å²) < 4.78 is 42.9. The van der Waals surface area contributed by atoms with E-state index >= 15 is 0 Å². The number of hydrogen-bond donors (Lipinski definition) is 1. The van der Waals surface area contributed by atoms with Gasteiger partial charge in [0.25, 0.3) is 0 Å². The van der Waals surface area contributed by atoms with Crippen molar-refractivity contribution in [3.8, 4) is 0 Å². The number of nitrogens with zero attached hydrogens (tertiary/aromatic N) is 1. The molecule has 4 atom stereocenters. The molecule has 1 saturated carbocycles. The van der Waals surface area contributed by atoms with Gasteiger partial charge in [0.15, 0.2) is 0 Å². The molecule has 0 amide bonds. The average Bonchev–Trinajstić information content (AvgIpc) is 2.91. The van der Waals surface area contributed by atoms with E-state index in [0.717, 1.165) is 19.4 Å². The van der Waals surface area contributed by atoms with E-state index in [1.54, 1.807) is 0 Å². The van der Waals surface area contributed by atoms with Crippen LogP contribution in [0.2, 0.25) is 0 Å². The van der Waals surface area contributed by atoms with Gasteiger partial charge in [-0.15, -0.1) is 0 Å². The molecule has 3 aliphatic rings. The lowest BCUT2D eigenvalue weighted by Gasteiger charge is -2.55. The van der Waals surface area contributed by atoms with Crippen LogP contribution in [0.1, 0.15) is 26.7 Å². The molecule has 3 nitrogen and oxygen atoms in total. The first kappa shape index (κ1) is 14.6. The largest absolute Gasteiger partial charge is 0.401 e. The summed E-state index contributed by atoms with van der Waals surface area (Å²) in [5, 5.41) is 3.60. The van der Waals surface area contributed by atoms with Crippen molar-refractivity contribution in [2.75, 3.05) is 26.2 Å². The predicted molar refractivity (Wildman–Crippen MR) is 69.5 cm³/mol. The number of nitrogens with one attached hydrogen (secondary N) is 1. The van der Waals surface area contributed by atoms with Crippen LogP contribution in [0.25, 0.3) is 0 Å². The van der Waals surface area contributed by atoms with Crippen molar-refractivity contribution in [1.82, 2.24) is 10.2 Å². The topological polar surface area (TPSA) is 24.5 Å². The smallest absolute Gasteiger partial charge is 0.377 e. The number of rotatable bonds is 3. The molecule has 3 fully saturated rings. The van der Waals surface area contributed by atoms with Crippen LogP contribution in [0, 0.1) is 11.3 Å². The molecular weight excluding hydrogens is 269 g/mol. The molecule has 20 heavy (non-hydrogen) atoms. The molecule has 0 aromatic carbocycles. The Hall–Kier alpha value is -0.330. The molecule has 2 heterocycles. The molecule has 2 aliphatic heterocycles. The molecule has 116 valence electrons. The third-order valence-corrected chi connectivity index (χ3v) is 5.19. The third kappa shape index (κ3) is 2.57. The highest BCUT2D eigenvalue weighted by Gasteiger charge is 2.59. The van der Waals surface area contributed by atoms with Crippen LogP contribution in [0.15, 0.2) is 0 Å². The summed E-state index contributed by atoms with van der Waals surface area (Å²) in [6.45, 7) is 5.47. The van der Waals surface area contributed by atoms with Crippen molar-refractivity contribution in [3.05, 3.63) is 0 Å². The third-order valence-electron chi connectivity index (χ3n) is 5.19. The molecule has 0 unspecified atom stereocenters. The summed E-state index contributed by atoms with van der Waals surface area (Å²) >= 11 is 0. The quantitative estimate of drug-likeness (QED) is 0.861. The highest BCUT2D eigenvalue weighted by atomic mass is 19.4. The Kier molecular flexibility index (Phi) is 3.54. The van der Waals surface area contributed by atoms with Gasteiger partial charge in [-0.25, -0.2) is 0 Å². The van der Waals surface area contributed by atoms with Gasteiger partial charge >= 0.3 is 6.18 Å². The first-order chi connectivity index (χ1) is 9.27. The Morgan fingerprint density at radius 3 is 2.75 bits per heavy atom. The van der Waals surface area contributed by atoms with Crippen LogP contribution in [0.5, 0.6) is 0 Å². The van der Waals surface area contributed by atoms with E-state index in [-0.39, 0.29) is 11.5 Å². The zero-order valence-electron chi connectivity index (χ0n) is 12.0. The highest BCUT2D eigenvalue weighted by Crippen LogP contribution is 2.52. The summed E-state index contributed by atoms with van der Waals surface area (Å²) in [4.78, 5) is 1.51. The summed E-state index contributed by atoms with van der Waals surface area (Å²) in [7, 11) is 0. The number of likely N-dealkylation sites (tertiary alicyclic amines) is 1. The minimum Gasteiger partial charge on any atom is -0.377 e. The molecule has 0 bridgehead atoms. The summed E-state index contributed by atoms with van der Waals surface area (Å²) in [6.07, 6.45) is -1.88. The van der Waals surface area contributed by atoms with Gasteiger partial charge in [0.05, 0.1) is 12.6 Å². The molecule has 1 aliphatic carbocycles. The maximum atomic E-state index is 12.4. The Bertz CT molecular complexity index is 372. The SMILES string of the molecule is CC1(C)[C@H](N[C@@H]2CCN(CC(F)(F)F)C2)[C@H]2CCO[C@H]21. The molecule has 6 heteroatoms.